The van der Waals surface area contributed by atoms with E-state index in [9.17, 15) is 18.0 Å². The van der Waals surface area contributed by atoms with Crippen LogP contribution in [0.25, 0.3) is 28.0 Å². The van der Waals surface area contributed by atoms with Gasteiger partial charge in [0.05, 0.1) is 34.8 Å². The van der Waals surface area contributed by atoms with Crippen LogP contribution in [-0.2, 0) is 13.2 Å². The van der Waals surface area contributed by atoms with Gasteiger partial charge in [0.2, 0.25) is 0 Å². The molecule has 4 aromatic heterocycles. The van der Waals surface area contributed by atoms with E-state index in [1.807, 2.05) is 0 Å². The Morgan fingerprint density at radius 3 is 2.54 bits per heavy atom. The number of aromatic nitrogens is 7. The van der Waals surface area contributed by atoms with Crippen LogP contribution in [0.1, 0.15) is 16.1 Å². The number of nitrogens with zero attached hydrogens (tertiary/aromatic N) is 7. The molecule has 1 amide bonds. The molecular formula is C22H14ClF3N8O. The number of carbonyl (C=O) groups is 1. The SMILES string of the molecule is Cn1nc(-c2cccc3ncccc23)c(C(F)(F)F)c1C(=O)Nc1cnc(-n2nccn2)c(Cl)c1. The highest BCUT2D eigenvalue weighted by Gasteiger charge is 2.42. The number of nitrogens with one attached hydrogen (secondary N) is 1. The van der Waals surface area contributed by atoms with Crippen molar-refractivity contribution < 1.29 is 18.0 Å². The summed E-state index contributed by atoms with van der Waals surface area (Å²) < 4.78 is 43.7. The molecule has 0 aliphatic rings. The van der Waals surface area contributed by atoms with E-state index < -0.39 is 23.3 Å². The second-order valence-electron chi connectivity index (χ2n) is 7.37. The van der Waals surface area contributed by atoms with Crippen molar-refractivity contribution in [2.45, 2.75) is 6.18 Å². The van der Waals surface area contributed by atoms with Gasteiger partial charge in [-0.15, -0.1) is 4.80 Å². The van der Waals surface area contributed by atoms with Gasteiger partial charge in [-0.25, -0.2) is 4.98 Å². The van der Waals surface area contributed by atoms with Crippen molar-refractivity contribution in [3.8, 4) is 17.1 Å². The molecule has 0 aliphatic carbocycles. The number of hydrogen-bond donors (Lipinski definition) is 1. The maximum absolute atomic E-state index is 14.3. The van der Waals surface area contributed by atoms with E-state index in [-0.39, 0.29) is 27.8 Å². The quantitative estimate of drug-likeness (QED) is 0.390. The highest BCUT2D eigenvalue weighted by atomic mass is 35.5. The number of amides is 1. The summed E-state index contributed by atoms with van der Waals surface area (Å²) in [6, 6.07) is 9.39. The van der Waals surface area contributed by atoms with Crippen LogP contribution in [0.5, 0.6) is 0 Å². The normalized spacial score (nSPS) is 11.7. The first-order valence-corrected chi connectivity index (χ1v) is 10.4. The van der Waals surface area contributed by atoms with E-state index in [1.54, 1.807) is 30.5 Å². The molecule has 1 aromatic carbocycles. The zero-order valence-corrected chi connectivity index (χ0v) is 18.6. The number of aryl methyl sites for hydroxylation is 1. The second kappa shape index (κ2) is 8.47. The molecule has 5 rings (SSSR count). The second-order valence-corrected chi connectivity index (χ2v) is 7.78. The summed E-state index contributed by atoms with van der Waals surface area (Å²) in [6.45, 7) is 0. The topological polar surface area (TPSA) is 103 Å². The molecule has 0 unspecified atom stereocenters. The van der Waals surface area contributed by atoms with Crippen LogP contribution < -0.4 is 5.32 Å². The number of carbonyl (C=O) groups excluding carboxylic acids is 1. The molecule has 35 heavy (non-hydrogen) atoms. The minimum absolute atomic E-state index is 0.0844. The molecule has 0 spiro atoms. The monoisotopic (exact) mass is 498 g/mol. The van der Waals surface area contributed by atoms with Crippen LogP contribution in [-0.4, -0.2) is 40.6 Å². The fourth-order valence-corrected chi connectivity index (χ4v) is 3.95. The number of rotatable bonds is 4. The Kier molecular flexibility index (Phi) is 5.44. The molecule has 1 N–H and O–H groups in total. The molecule has 0 bridgehead atoms. The third kappa shape index (κ3) is 4.08. The summed E-state index contributed by atoms with van der Waals surface area (Å²) in [7, 11) is 1.27. The van der Waals surface area contributed by atoms with Crippen LogP contribution in [0, 0.1) is 0 Å². The molecule has 0 radical (unpaired) electrons. The van der Waals surface area contributed by atoms with Crippen molar-refractivity contribution in [1.29, 1.82) is 0 Å². The lowest BCUT2D eigenvalue weighted by molar-refractivity contribution is -0.137. The summed E-state index contributed by atoms with van der Waals surface area (Å²) in [5.41, 5.74) is -1.41. The molecule has 0 fully saturated rings. The third-order valence-electron chi connectivity index (χ3n) is 5.13. The van der Waals surface area contributed by atoms with E-state index >= 15 is 0 Å². The Labute approximate surface area is 200 Å². The Morgan fingerprint density at radius 1 is 1.06 bits per heavy atom. The molecule has 9 nitrogen and oxygen atoms in total. The zero-order valence-electron chi connectivity index (χ0n) is 17.8. The Bertz CT molecular complexity index is 1560. The van der Waals surface area contributed by atoms with Gasteiger partial charge in [-0.2, -0.15) is 28.5 Å². The van der Waals surface area contributed by atoms with Crippen molar-refractivity contribution in [2.75, 3.05) is 5.32 Å². The van der Waals surface area contributed by atoms with E-state index in [4.69, 9.17) is 11.6 Å². The fraction of sp³-hybridized carbons (Fsp3) is 0.0909. The van der Waals surface area contributed by atoms with Crippen molar-refractivity contribution in [1.82, 2.24) is 34.7 Å². The average molecular weight is 499 g/mol. The molecule has 13 heteroatoms. The summed E-state index contributed by atoms with van der Waals surface area (Å²) in [5.74, 6) is -0.835. The molecular weight excluding hydrogens is 485 g/mol. The van der Waals surface area contributed by atoms with Gasteiger partial charge in [0, 0.05) is 24.2 Å². The maximum atomic E-state index is 14.3. The first-order chi connectivity index (χ1) is 16.7. The van der Waals surface area contributed by atoms with E-state index in [0.29, 0.717) is 10.9 Å². The summed E-state index contributed by atoms with van der Waals surface area (Å²) in [6.07, 6.45) is 0.771. The van der Waals surface area contributed by atoms with Gasteiger partial charge in [0.15, 0.2) is 5.82 Å². The lowest BCUT2D eigenvalue weighted by Crippen LogP contribution is -2.21. The molecule has 5 aromatic rings. The molecule has 176 valence electrons. The third-order valence-corrected chi connectivity index (χ3v) is 5.41. The number of anilines is 1. The van der Waals surface area contributed by atoms with Gasteiger partial charge in [0.25, 0.3) is 5.91 Å². The average Bonchev–Trinajstić information content (AvgIpc) is 3.46. The number of halogens is 4. The van der Waals surface area contributed by atoms with Gasteiger partial charge in [-0.3, -0.25) is 14.5 Å². The Morgan fingerprint density at radius 2 is 1.83 bits per heavy atom. The van der Waals surface area contributed by atoms with Crippen LogP contribution in [0.3, 0.4) is 0 Å². The minimum atomic E-state index is -4.87. The molecule has 0 saturated carbocycles. The standard InChI is InChI=1S/C22H14ClF3N8O/c1-33-19(21(35)31-12-10-15(23)20(28-11-12)34-29-8-9-30-34)17(22(24,25)26)18(32-33)14-4-2-6-16-13(14)5-3-7-27-16/h2-11H,1H3,(H,31,35). The predicted octanol–water partition coefficient (Wildman–Crippen LogP) is 4.54. The maximum Gasteiger partial charge on any atom is 0.420 e. The minimum Gasteiger partial charge on any atom is -0.319 e. The molecule has 0 atom stereocenters. The highest BCUT2D eigenvalue weighted by molar-refractivity contribution is 6.32. The van der Waals surface area contributed by atoms with Crippen molar-refractivity contribution in [2.24, 2.45) is 7.05 Å². The summed E-state index contributed by atoms with van der Waals surface area (Å²) in [4.78, 5) is 22.5. The lowest BCUT2D eigenvalue weighted by Gasteiger charge is -2.12. The van der Waals surface area contributed by atoms with Gasteiger partial charge in [0.1, 0.15) is 17.0 Å². The number of benzene rings is 1. The molecule has 0 aliphatic heterocycles. The summed E-state index contributed by atoms with van der Waals surface area (Å²) >= 11 is 6.21. The first kappa shape index (κ1) is 22.5. The molecule has 0 saturated heterocycles. The van der Waals surface area contributed by atoms with Gasteiger partial charge in [-0.05, 0) is 18.2 Å². The van der Waals surface area contributed by atoms with Crippen LogP contribution in [0.15, 0.2) is 61.2 Å². The Hall–Kier alpha value is -4.32. The largest absolute Gasteiger partial charge is 0.420 e. The number of alkyl halides is 3. The van der Waals surface area contributed by atoms with Gasteiger partial charge < -0.3 is 5.32 Å². The Balaban J connectivity index is 1.57. The van der Waals surface area contributed by atoms with Crippen molar-refractivity contribution >= 4 is 34.1 Å². The zero-order chi connectivity index (χ0) is 24.7. The van der Waals surface area contributed by atoms with Crippen molar-refractivity contribution in [3.05, 3.63) is 77.5 Å². The fourth-order valence-electron chi connectivity index (χ4n) is 3.71. The first-order valence-electron chi connectivity index (χ1n) is 10.1. The lowest BCUT2D eigenvalue weighted by atomic mass is 10.0. The summed E-state index contributed by atoms with van der Waals surface area (Å²) in [5, 5.41) is 14.9. The number of hydrogen-bond acceptors (Lipinski definition) is 6. The van der Waals surface area contributed by atoms with Gasteiger partial charge >= 0.3 is 6.18 Å². The van der Waals surface area contributed by atoms with Crippen LogP contribution >= 0.6 is 11.6 Å². The number of fused-ring (bicyclic) bond motifs is 1. The van der Waals surface area contributed by atoms with E-state index in [0.717, 1.165) is 4.68 Å². The van der Waals surface area contributed by atoms with Crippen LogP contribution in [0.4, 0.5) is 18.9 Å². The van der Waals surface area contributed by atoms with Crippen molar-refractivity contribution in [3.63, 3.8) is 0 Å². The highest BCUT2D eigenvalue weighted by Crippen LogP contribution is 2.41. The molecule has 4 heterocycles. The van der Waals surface area contributed by atoms with Gasteiger partial charge in [-0.1, -0.05) is 29.8 Å². The number of pyridine rings is 2. The smallest absolute Gasteiger partial charge is 0.319 e. The van der Waals surface area contributed by atoms with E-state index in [2.05, 4.69) is 30.6 Å². The van der Waals surface area contributed by atoms with Crippen LogP contribution in [0.2, 0.25) is 5.02 Å². The van der Waals surface area contributed by atoms with E-state index in [1.165, 1.54) is 42.6 Å². The predicted molar refractivity (Wildman–Crippen MR) is 121 cm³/mol.